The Hall–Kier alpha value is -3.95. The number of benzene rings is 2. The van der Waals surface area contributed by atoms with E-state index in [1.54, 1.807) is 29.2 Å². The first-order chi connectivity index (χ1) is 14.8. The lowest BCUT2D eigenvalue weighted by atomic mass is 10.1. The van der Waals surface area contributed by atoms with Crippen molar-refractivity contribution in [3.05, 3.63) is 63.7 Å². The summed E-state index contributed by atoms with van der Waals surface area (Å²) in [5, 5.41) is 13.9. The fourth-order valence-corrected chi connectivity index (χ4v) is 2.79. The average Bonchev–Trinajstić information content (AvgIpc) is 2.77. The highest BCUT2D eigenvalue weighted by Gasteiger charge is 2.20. The lowest BCUT2D eigenvalue weighted by Crippen LogP contribution is -2.30. The first-order valence-electron chi connectivity index (χ1n) is 9.49. The minimum absolute atomic E-state index is 0.0133. The van der Waals surface area contributed by atoms with Crippen LogP contribution in [0.15, 0.2) is 42.5 Å². The molecule has 0 heterocycles. The molecule has 0 spiro atoms. The summed E-state index contributed by atoms with van der Waals surface area (Å²) in [6, 6.07) is 10.00. The first-order valence-corrected chi connectivity index (χ1v) is 9.49. The zero-order valence-electron chi connectivity index (χ0n) is 17.4. The van der Waals surface area contributed by atoms with Crippen molar-refractivity contribution < 1.29 is 28.8 Å². The average molecular weight is 429 g/mol. The van der Waals surface area contributed by atoms with Crippen LogP contribution in [0.5, 0.6) is 5.75 Å². The van der Waals surface area contributed by atoms with E-state index >= 15 is 0 Å². The van der Waals surface area contributed by atoms with Gasteiger partial charge in [0.15, 0.2) is 12.4 Å². The minimum atomic E-state index is -0.730. The number of nitrogens with zero attached hydrogens (tertiary/aromatic N) is 2. The maximum absolute atomic E-state index is 12.4. The molecule has 10 nitrogen and oxygen atoms in total. The second-order valence-corrected chi connectivity index (χ2v) is 6.33. The maximum atomic E-state index is 12.4. The van der Waals surface area contributed by atoms with Gasteiger partial charge in [-0.3, -0.25) is 19.7 Å². The summed E-state index contributed by atoms with van der Waals surface area (Å²) in [4.78, 5) is 48.4. The van der Waals surface area contributed by atoms with Crippen molar-refractivity contribution in [3.8, 4) is 5.75 Å². The third kappa shape index (κ3) is 6.01. The van der Waals surface area contributed by atoms with Crippen molar-refractivity contribution in [1.82, 2.24) is 4.90 Å². The quantitative estimate of drug-likeness (QED) is 0.369. The van der Waals surface area contributed by atoms with Gasteiger partial charge in [-0.1, -0.05) is 6.07 Å². The van der Waals surface area contributed by atoms with Crippen LogP contribution in [0.2, 0.25) is 0 Å². The molecule has 2 rings (SSSR count). The largest absolute Gasteiger partial charge is 0.477 e. The second kappa shape index (κ2) is 10.7. The Bertz CT molecular complexity index is 987. The molecule has 0 aromatic heterocycles. The Kier molecular flexibility index (Phi) is 8.07. The van der Waals surface area contributed by atoms with Gasteiger partial charge in [0.1, 0.15) is 0 Å². The summed E-state index contributed by atoms with van der Waals surface area (Å²) >= 11 is 0. The van der Waals surface area contributed by atoms with E-state index in [0.29, 0.717) is 24.3 Å². The summed E-state index contributed by atoms with van der Waals surface area (Å²) in [5.41, 5.74) is 0.335. The van der Waals surface area contributed by atoms with Crippen LogP contribution in [-0.2, 0) is 9.53 Å². The molecule has 164 valence electrons. The van der Waals surface area contributed by atoms with E-state index in [9.17, 15) is 24.5 Å². The molecule has 0 saturated heterocycles. The van der Waals surface area contributed by atoms with Crippen LogP contribution < -0.4 is 10.1 Å². The topological polar surface area (TPSA) is 128 Å². The second-order valence-electron chi connectivity index (χ2n) is 6.33. The molecule has 0 aliphatic carbocycles. The zero-order valence-corrected chi connectivity index (χ0v) is 17.4. The predicted octanol–water partition coefficient (Wildman–Crippen LogP) is 2.88. The molecule has 0 saturated carbocycles. The van der Waals surface area contributed by atoms with E-state index in [0.717, 1.165) is 13.2 Å². The van der Waals surface area contributed by atoms with Gasteiger partial charge in [-0.15, -0.1) is 0 Å². The van der Waals surface area contributed by atoms with E-state index < -0.39 is 29.1 Å². The third-order valence-corrected chi connectivity index (χ3v) is 4.38. The number of nitrogens with one attached hydrogen (secondary N) is 1. The zero-order chi connectivity index (χ0) is 23.0. The number of anilines is 1. The molecule has 0 aliphatic rings. The number of ether oxygens (including phenoxy) is 2. The molecule has 0 aliphatic heterocycles. The van der Waals surface area contributed by atoms with Crippen molar-refractivity contribution in [3.63, 3.8) is 0 Å². The first kappa shape index (κ1) is 23.3. The number of nitro benzene ring substituents is 1. The summed E-state index contributed by atoms with van der Waals surface area (Å²) in [5.74, 6) is -1.62. The number of methoxy groups -OCH3 is 1. The summed E-state index contributed by atoms with van der Waals surface area (Å²) in [7, 11) is 1.16. The van der Waals surface area contributed by atoms with Gasteiger partial charge >= 0.3 is 11.7 Å². The number of carbonyl (C=O) groups excluding carboxylic acids is 3. The smallest absolute Gasteiger partial charge is 0.338 e. The van der Waals surface area contributed by atoms with Crippen LogP contribution in [0.3, 0.4) is 0 Å². The van der Waals surface area contributed by atoms with E-state index in [-0.39, 0.29) is 17.2 Å². The lowest BCUT2D eigenvalue weighted by molar-refractivity contribution is -0.385. The van der Waals surface area contributed by atoms with Gasteiger partial charge in [0, 0.05) is 30.4 Å². The molecule has 0 unspecified atom stereocenters. The van der Waals surface area contributed by atoms with Gasteiger partial charge in [-0.05, 0) is 44.2 Å². The summed E-state index contributed by atoms with van der Waals surface area (Å²) in [6.45, 7) is 4.37. The molecule has 31 heavy (non-hydrogen) atoms. The molecule has 2 aromatic carbocycles. The van der Waals surface area contributed by atoms with Gasteiger partial charge in [-0.2, -0.15) is 0 Å². The number of nitro groups is 1. The van der Waals surface area contributed by atoms with Gasteiger partial charge in [-0.25, -0.2) is 4.79 Å². The van der Waals surface area contributed by atoms with Crippen LogP contribution in [0, 0.1) is 10.1 Å². The lowest BCUT2D eigenvalue weighted by Gasteiger charge is -2.19. The van der Waals surface area contributed by atoms with Crippen LogP contribution in [0.4, 0.5) is 11.4 Å². The fourth-order valence-electron chi connectivity index (χ4n) is 2.79. The van der Waals surface area contributed by atoms with Crippen molar-refractivity contribution >= 4 is 29.2 Å². The van der Waals surface area contributed by atoms with Gasteiger partial charge in [0.2, 0.25) is 0 Å². The number of carbonyl (C=O) groups is 3. The van der Waals surface area contributed by atoms with E-state index in [1.165, 1.54) is 12.1 Å². The molecular weight excluding hydrogens is 406 g/mol. The van der Waals surface area contributed by atoms with E-state index in [2.05, 4.69) is 10.1 Å². The maximum Gasteiger partial charge on any atom is 0.338 e. The van der Waals surface area contributed by atoms with Gasteiger partial charge < -0.3 is 19.7 Å². The highest BCUT2D eigenvalue weighted by atomic mass is 16.6. The fraction of sp³-hybridized carbons (Fsp3) is 0.286. The Balaban J connectivity index is 2.07. The predicted molar refractivity (Wildman–Crippen MR) is 112 cm³/mol. The monoisotopic (exact) mass is 429 g/mol. The molecule has 2 amide bonds. The molecule has 0 radical (unpaired) electrons. The van der Waals surface area contributed by atoms with Crippen LogP contribution in [-0.4, -0.2) is 54.4 Å². The van der Waals surface area contributed by atoms with Crippen molar-refractivity contribution in [1.29, 1.82) is 0 Å². The van der Waals surface area contributed by atoms with Crippen molar-refractivity contribution in [2.75, 3.05) is 32.1 Å². The van der Waals surface area contributed by atoms with E-state index in [1.807, 2.05) is 13.8 Å². The van der Waals surface area contributed by atoms with Crippen LogP contribution in [0.1, 0.15) is 34.6 Å². The van der Waals surface area contributed by atoms with Crippen molar-refractivity contribution in [2.45, 2.75) is 13.8 Å². The number of hydrogen-bond acceptors (Lipinski definition) is 7. The Labute approximate surface area is 178 Å². The summed E-state index contributed by atoms with van der Waals surface area (Å²) in [6.07, 6.45) is 0. The number of hydrogen-bond donors (Lipinski definition) is 1. The molecule has 0 atom stereocenters. The number of esters is 1. The molecule has 2 aromatic rings. The number of rotatable bonds is 9. The Morgan fingerprint density at radius 1 is 1.06 bits per heavy atom. The third-order valence-electron chi connectivity index (χ3n) is 4.38. The number of amides is 2. The molecule has 0 bridgehead atoms. The van der Waals surface area contributed by atoms with Gasteiger partial charge in [0.05, 0.1) is 17.6 Å². The summed E-state index contributed by atoms with van der Waals surface area (Å²) < 4.78 is 9.81. The van der Waals surface area contributed by atoms with Crippen LogP contribution in [0.25, 0.3) is 0 Å². The highest BCUT2D eigenvalue weighted by Crippen LogP contribution is 2.28. The normalized spacial score (nSPS) is 10.2. The SMILES string of the molecule is CCN(CC)C(=O)c1cccc(NC(=O)COc2ccc(C(=O)OC)cc2[N+](=O)[O-])c1. The Morgan fingerprint density at radius 3 is 2.39 bits per heavy atom. The Morgan fingerprint density at radius 2 is 1.77 bits per heavy atom. The molecular formula is C21H23N3O7. The molecule has 0 fully saturated rings. The highest BCUT2D eigenvalue weighted by molar-refractivity contribution is 5.97. The van der Waals surface area contributed by atoms with E-state index in [4.69, 9.17) is 4.74 Å². The minimum Gasteiger partial charge on any atom is -0.477 e. The standard InChI is InChI=1S/C21H23N3O7/c1-4-23(5-2)20(26)14-7-6-8-16(11-14)22-19(25)13-31-18-10-9-15(21(27)30-3)12-17(18)24(28)29/h6-12H,4-5,13H2,1-3H3,(H,22,25). The van der Waals surface area contributed by atoms with Crippen LogP contribution >= 0.6 is 0 Å². The van der Waals surface area contributed by atoms with Crippen molar-refractivity contribution in [2.24, 2.45) is 0 Å². The molecule has 10 heteroatoms. The van der Waals surface area contributed by atoms with Gasteiger partial charge in [0.25, 0.3) is 11.8 Å². The molecule has 1 N–H and O–H groups in total.